The minimum atomic E-state index is -0.276. The van der Waals surface area contributed by atoms with Crippen molar-refractivity contribution in [3.63, 3.8) is 0 Å². The second-order valence-electron chi connectivity index (χ2n) is 4.51. The molecule has 0 saturated heterocycles. The lowest BCUT2D eigenvalue weighted by atomic mass is 10.1. The Balaban J connectivity index is 1.75. The van der Waals surface area contributed by atoms with Crippen LogP contribution in [0.1, 0.15) is 16.8 Å². The van der Waals surface area contributed by atoms with Crippen molar-refractivity contribution in [2.75, 3.05) is 0 Å². The lowest BCUT2D eigenvalue weighted by molar-refractivity contribution is 0.0890. The van der Waals surface area contributed by atoms with Crippen molar-refractivity contribution >= 4 is 16.9 Å². The number of carbonyl (C=O) groups is 1. The summed E-state index contributed by atoms with van der Waals surface area (Å²) in [5, 5.41) is 7.83. The summed E-state index contributed by atoms with van der Waals surface area (Å²) in [5.41, 5.74) is 2.32. The Morgan fingerprint density at radius 3 is 2.65 bits per heavy atom. The number of nitrogens with zero attached hydrogens (tertiary/aromatic N) is 3. The average molecular weight is 269 g/mol. The molecule has 3 aromatic rings. The summed E-state index contributed by atoms with van der Waals surface area (Å²) >= 11 is 0. The zero-order chi connectivity index (χ0) is 13.9. The van der Waals surface area contributed by atoms with E-state index >= 15 is 0 Å². The van der Waals surface area contributed by atoms with Gasteiger partial charge in [0.25, 0.3) is 0 Å². The molecule has 0 fully saturated rings. The van der Waals surface area contributed by atoms with Crippen LogP contribution in [-0.4, -0.2) is 20.9 Å². The van der Waals surface area contributed by atoms with Gasteiger partial charge < -0.3 is 0 Å². The number of aromatic nitrogens is 3. The molecule has 0 unspecified atom stereocenters. The van der Waals surface area contributed by atoms with Crippen molar-refractivity contribution in [2.45, 2.75) is 12.8 Å². The Hall–Kier alpha value is -2.56. The highest BCUT2D eigenvalue weighted by molar-refractivity contribution is 5.88. The third-order valence-electron chi connectivity index (χ3n) is 3.13. The number of hydrogen-bond donors (Lipinski definition) is 0. The number of fused-ring (bicyclic) bond motifs is 1. The van der Waals surface area contributed by atoms with Crippen molar-refractivity contribution in [1.82, 2.24) is 15.0 Å². The molecule has 20 heavy (non-hydrogen) atoms. The standard InChI is InChI=1S/C15H12FN3O/c16-12-8-5-11(6-9-12)7-10-15(20)19-14-4-2-1-3-13(14)17-18-19/h1-6,8-9H,7,10H2. The topological polar surface area (TPSA) is 47.8 Å². The molecular weight excluding hydrogens is 257 g/mol. The van der Waals surface area contributed by atoms with E-state index in [1.165, 1.54) is 16.8 Å². The van der Waals surface area contributed by atoms with Crippen LogP contribution in [0.5, 0.6) is 0 Å². The Bertz CT molecular complexity index is 749. The van der Waals surface area contributed by atoms with Gasteiger partial charge in [0.15, 0.2) is 0 Å². The largest absolute Gasteiger partial charge is 0.272 e. The van der Waals surface area contributed by atoms with Gasteiger partial charge in [-0.3, -0.25) is 4.79 Å². The highest BCUT2D eigenvalue weighted by atomic mass is 19.1. The van der Waals surface area contributed by atoms with Crippen LogP contribution in [0, 0.1) is 5.82 Å². The van der Waals surface area contributed by atoms with Crippen LogP contribution in [0.2, 0.25) is 0 Å². The first-order valence-electron chi connectivity index (χ1n) is 6.32. The average Bonchev–Trinajstić information content (AvgIpc) is 2.90. The molecule has 0 aliphatic rings. The summed E-state index contributed by atoms with van der Waals surface area (Å²) in [5.74, 6) is -0.398. The van der Waals surface area contributed by atoms with Crippen LogP contribution >= 0.6 is 0 Å². The predicted octanol–water partition coefficient (Wildman–Crippen LogP) is 2.84. The van der Waals surface area contributed by atoms with E-state index < -0.39 is 0 Å². The summed E-state index contributed by atoms with van der Waals surface area (Å²) in [6, 6.07) is 13.5. The van der Waals surface area contributed by atoms with Gasteiger partial charge in [-0.05, 0) is 36.2 Å². The molecule has 0 N–H and O–H groups in total. The van der Waals surface area contributed by atoms with Gasteiger partial charge in [0.05, 0.1) is 5.52 Å². The predicted molar refractivity (Wildman–Crippen MR) is 72.9 cm³/mol. The molecule has 3 rings (SSSR count). The fourth-order valence-electron chi connectivity index (χ4n) is 2.06. The lowest BCUT2D eigenvalue weighted by Gasteiger charge is -2.02. The van der Waals surface area contributed by atoms with Gasteiger partial charge in [-0.2, -0.15) is 4.68 Å². The van der Waals surface area contributed by atoms with E-state index in [-0.39, 0.29) is 11.7 Å². The smallest absolute Gasteiger partial charge is 0.249 e. The first kappa shape index (κ1) is 12.5. The SMILES string of the molecule is O=C(CCc1ccc(F)cc1)n1nnc2ccccc21. The maximum absolute atomic E-state index is 12.8. The summed E-state index contributed by atoms with van der Waals surface area (Å²) in [6.07, 6.45) is 0.853. The molecule has 4 nitrogen and oxygen atoms in total. The van der Waals surface area contributed by atoms with Crippen molar-refractivity contribution in [3.8, 4) is 0 Å². The van der Waals surface area contributed by atoms with Gasteiger partial charge in [-0.15, -0.1) is 5.10 Å². The Morgan fingerprint density at radius 2 is 1.85 bits per heavy atom. The van der Waals surface area contributed by atoms with Crippen LogP contribution in [-0.2, 0) is 6.42 Å². The zero-order valence-corrected chi connectivity index (χ0v) is 10.7. The molecule has 0 aliphatic heterocycles. The highest BCUT2D eigenvalue weighted by Crippen LogP contribution is 2.12. The van der Waals surface area contributed by atoms with E-state index in [1.807, 2.05) is 24.3 Å². The first-order valence-corrected chi connectivity index (χ1v) is 6.32. The van der Waals surface area contributed by atoms with E-state index in [4.69, 9.17) is 0 Å². The van der Waals surface area contributed by atoms with Crippen molar-refractivity contribution in [1.29, 1.82) is 0 Å². The number of para-hydroxylation sites is 1. The molecule has 0 amide bonds. The molecule has 0 radical (unpaired) electrons. The molecule has 2 aromatic carbocycles. The monoisotopic (exact) mass is 269 g/mol. The van der Waals surface area contributed by atoms with Crippen molar-refractivity contribution in [3.05, 3.63) is 59.9 Å². The zero-order valence-electron chi connectivity index (χ0n) is 10.7. The van der Waals surface area contributed by atoms with Crippen molar-refractivity contribution in [2.24, 2.45) is 0 Å². The van der Waals surface area contributed by atoms with Gasteiger partial charge in [0.2, 0.25) is 5.91 Å². The van der Waals surface area contributed by atoms with Gasteiger partial charge in [0.1, 0.15) is 11.3 Å². The molecule has 0 bridgehead atoms. The van der Waals surface area contributed by atoms with Crippen LogP contribution in [0.3, 0.4) is 0 Å². The van der Waals surface area contributed by atoms with Gasteiger partial charge in [-0.1, -0.05) is 29.5 Å². The van der Waals surface area contributed by atoms with E-state index in [1.54, 1.807) is 12.1 Å². The van der Waals surface area contributed by atoms with E-state index in [2.05, 4.69) is 10.3 Å². The molecular formula is C15H12FN3O. The molecule has 0 saturated carbocycles. The third kappa shape index (κ3) is 2.42. The van der Waals surface area contributed by atoms with E-state index in [0.29, 0.717) is 23.9 Å². The summed E-state index contributed by atoms with van der Waals surface area (Å²) in [7, 11) is 0. The lowest BCUT2D eigenvalue weighted by Crippen LogP contribution is -2.13. The second kappa shape index (κ2) is 5.21. The number of halogens is 1. The molecule has 0 atom stereocenters. The van der Waals surface area contributed by atoms with Crippen LogP contribution in [0.15, 0.2) is 48.5 Å². The Kier molecular flexibility index (Phi) is 3.25. The second-order valence-corrected chi connectivity index (χ2v) is 4.51. The normalized spacial score (nSPS) is 10.8. The molecule has 0 aliphatic carbocycles. The Morgan fingerprint density at radius 1 is 1.10 bits per heavy atom. The van der Waals surface area contributed by atoms with E-state index in [9.17, 15) is 9.18 Å². The molecule has 100 valence electrons. The summed E-state index contributed by atoms with van der Waals surface area (Å²) in [4.78, 5) is 12.1. The van der Waals surface area contributed by atoms with Crippen LogP contribution < -0.4 is 0 Å². The minimum Gasteiger partial charge on any atom is -0.272 e. The Labute approximate surface area is 114 Å². The van der Waals surface area contributed by atoms with E-state index in [0.717, 1.165) is 5.56 Å². The van der Waals surface area contributed by atoms with Gasteiger partial charge in [0, 0.05) is 6.42 Å². The molecule has 0 spiro atoms. The number of hydrogen-bond acceptors (Lipinski definition) is 3. The fourth-order valence-corrected chi connectivity index (χ4v) is 2.06. The van der Waals surface area contributed by atoms with Gasteiger partial charge >= 0.3 is 0 Å². The maximum Gasteiger partial charge on any atom is 0.249 e. The van der Waals surface area contributed by atoms with Crippen LogP contribution in [0.25, 0.3) is 11.0 Å². The third-order valence-corrected chi connectivity index (χ3v) is 3.13. The number of rotatable bonds is 3. The number of carbonyl (C=O) groups excluding carboxylic acids is 1. The fraction of sp³-hybridized carbons (Fsp3) is 0.133. The number of aryl methyl sites for hydroxylation is 1. The minimum absolute atomic E-state index is 0.122. The summed E-state index contributed by atoms with van der Waals surface area (Å²) in [6.45, 7) is 0. The van der Waals surface area contributed by atoms with Gasteiger partial charge in [-0.25, -0.2) is 4.39 Å². The quantitative estimate of drug-likeness (QED) is 0.734. The van der Waals surface area contributed by atoms with Crippen LogP contribution in [0.4, 0.5) is 4.39 Å². The van der Waals surface area contributed by atoms with Crippen molar-refractivity contribution < 1.29 is 9.18 Å². The molecule has 1 heterocycles. The highest BCUT2D eigenvalue weighted by Gasteiger charge is 2.11. The first-order chi connectivity index (χ1) is 9.74. The molecule has 1 aromatic heterocycles. The summed E-state index contributed by atoms with van der Waals surface area (Å²) < 4.78 is 14.1. The maximum atomic E-state index is 12.8. The number of benzene rings is 2. The molecule has 5 heteroatoms.